The molecule has 0 saturated heterocycles. The Labute approximate surface area is 164 Å². The van der Waals surface area contributed by atoms with Crippen molar-refractivity contribution in [3.63, 3.8) is 0 Å². The van der Waals surface area contributed by atoms with Gasteiger partial charge in [-0.1, -0.05) is 54.9 Å². The number of hydrogen-bond donors (Lipinski definition) is 2. The number of nitrogens with one attached hydrogen (secondary N) is 2. The largest absolute Gasteiger partial charge is 0.353 e. The van der Waals surface area contributed by atoms with Gasteiger partial charge in [-0.15, -0.1) is 0 Å². The van der Waals surface area contributed by atoms with Gasteiger partial charge in [0, 0.05) is 26.1 Å². The molecule has 2 aromatic rings. The highest BCUT2D eigenvalue weighted by molar-refractivity contribution is 6.33. The summed E-state index contributed by atoms with van der Waals surface area (Å²) in [5.41, 5.74) is 2.59. The summed E-state index contributed by atoms with van der Waals surface area (Å²) in [4.78, 5) is 27.6. The third-order valence-corrected chi connectivity index (χ3v) is 5.10. The van der Waals surface area contributed by atoms with Crippen LogP contribution in [0.5, 0.6) is 0 Å². The van der Waals surface area contributed by atoms with Gasteiger partial charge in [0.05, 0.1) is 10.6 Å². The zero-order valence-corrected chi connectivity index (χ0v) is 16.1. The van der Waals surface area contributed by atoms with Gasteiger partial charge in [-0.25, -0.2) is 0 Å². The fraction of sp³-hybridized carbons (Fsp3) is 0.333. The first-order valence-corrected chi connectivity index (χ1v) is 9.60. The molecule has 0 spiro atoms. The monoisotopic (exact) mass is 385 g/mol. The van der Waals surface area contributed by atoms with Crippen LogP contribution in [0.4, 0.5) is 0 Å². The van der Waals surface area contributed by atoms with E-state index in [0.717, 1.165) is 17.7 Å². The third kappa shape index (κ3) is 4.49. The number of carbonyl (C=O) groups is 2. The summed E-state index contributed by atoms with van der Waals surface area (Å²) in [7, 11) is 0. The van der Waals surface area contributed by atoms with Crippen molar-refractivity contribution in [2.45, 2.75) is 25.9 Å². The van der Waals surface area contributed by atoms with E-state index in [1.54, 1.807) is 29.2 Å². The molecule has 1 atom stereocenters. The Bertz CT molecular complexity index is 825. The average molecular weight is 386 g/mol. The molecule has 1 aliphatic heterocycles. The lowest BCUT2D eigenvalue weighted by molar-refractivity contribution is -0.126. The standard InChI is InChI=1S/C21H24ClN3O2/c1-2-23-11-12-24-20(26)19-13-15-7-3-4-8-16(15)14-25(19)21(27)17-9-5-6-10-18(17)22/h3-10,19,23H,2,11-14H2,1H3,(H,24,26). The Balaban J connectivity index is 1.84. The molecular formula is C21H24ClN3O2. The van der Waals surface area contributed by atoms with Crippen LogP contribution in [0.3, 0.4) is 0 Å². The highest BCUT2D eigenvalue weighted by atomic mass is 35.5. The van der Waals surface area contributed by atoms with Crippen LogP contribution in [0.15, 0.2) is 48.5 Å². The molecule has 27 heavy (non-hydrogen) atoms. The van der Waals surface area contributed by atoms with Crippen LogP contribution in [0.1, 0.15) is 28.4 Å². The first-order chi connectivity index (χ1) is 13.1. The molecule has 3 rings (SSSR count). The van der Waals surface area contributed by atoms with Crippen molar-refractivity contribution < 1.29 is 9.59 Å². The van der Waals surface area contributed by atoms with Crippen LogP contribution in [-0.2, 0) is 17.8 Å². The van der Waals surface area contributed by atoms with Crippen LogP contribution >= 0.6 is 11.6 Å². The Hall–Kier alpha value is -2.37. The van der Waals surface area contributed by atoms with Crippen LogP contribution in [-0.4, -0.2) is 42.4 Å². The van der Waals surface area contributed by atoms with Crippen molar-refractivity contribution in [2.24, 2.45) is 0 Å². The minimum Gasteiger partial charge on any atom is -0.353 e. The third-order valence-electron chi connectivity index (χ3n) is 4.77. The number of likely N-dealkylation sites (N-methyl/N-ethyl adjacent to an activating group) is 1. The highest BCUT2D eigenvalue weighted by Crippen LogP contribution is 2.27. The van der Waals surface area contributed by atoms with E-state index >= 15 is 0 Å². The van der Waals surface area contributed by atoms with Gasteiger partial charge in [-0.3, -0.25) is 9.59 Å². The molecule has 0 fully saturated rings. The number of amides is 2. The van der Waals surface area contributed by atoms with E-state index in [2.05, 4.69) is 10.6 Å². The van der Waals surface area contributed by atoms with Crippen LogP contribution in [0.2, 0.25) is 5.02 Å². The first kappa shape index (κ1) is 19.4. The number of benzene rings is 2. The highest BCUT2D eigenvalue weighted by Gasteiger charge is 2.35. The molecule has 0 saturated carbocycles. The second-order valence-electron chi connectivity index (χ2n) is 6.55. The minimum atomic E-state index is -0.551. The summed E-state index contributed by atoms with van der Waals surface area (Å²) in [6, 6.07) is 14.3. The summed E-state index contributed by atoms with van der Waals surface area (Å²) in [5.74, 6) is -0.357. The molecule has 0 aliphatic carbocycles. The second-order valence-corrected chi connectivity index (χ2v) is 6.95. The number of halogens is 1. The lowest BCUT2D eigenvalue weighted by Gasteiger charge is -2.36. The number of rotatable bonds is 6. The van der Waals surface area contributed by atoms with Gasteiger partial charge in [0.1, 0.15) is 6.04 Å². The lowest BCUT2D eigenvalue weighted by atomic mass is 9.92. The van der Waals surface area contributed by atoms with Crippen molar-refractivity contribution in [1.29, 1.82) is 0 Å². The summed E-state index contributed by atoms with van der Waals surface area (Å²) in [5, 5.41) is 6.51. The SMILES string of the molecule is CCNCCNC(=O)C1Cc2ccccc2CN1C(=O)c1ccccc1Cl. The van der Waals surface area contributed by atoms with E-state index in [1.165, 1.54) is 0 Å². The predicted octanol–water partition coefficient (Wildman–Crippen LogP) is 2.63. The molecule has 142 valence electrons. The van der Waals surface area contributed by atoms with Crippen LogP contribution < -0.4 is 10.6 Å². The van der Waals surface area contributed by atoms with Gasteiger partial charge in [0.2, 0.25) is 5.91 Å². The average Bonchev–Trinajstić information content (AvgIpc) is 2.70. The van der Waals surface area contributed by atoms with Gasteiger partial charge in [-0.2, -0.15) is 0 Å². The lowest BCUT2D eigenvalue weighted by Crippen LogP contribution is -2.53. The smallest absolute Gasteiger partial charge is 0.256 e. The van der Waals surface area contributed by atoms with Gasteiger partial charge in [-0.05, 0) is 29.8 Å². The van der Waals surface area contributed by atoms with Crippen molar-refractivity contribution >= 4 is 23.4 Å². The fourth-order valence-electron chi connectivity index (χ4n) is 3.33. The summed E-state index contributed by atoms with van der Waals surface area (Å²) < 4.78 is 0. The van der Waals surface area contributed by atoms with Crippen LogP contribution in [0, 0.1) is 0 Å². The van der Waals surface area contributed by atoms with Crippen molar-refractivity contribution in [2.75, 3.05) is 19.6 Å². The number of carbonyl (C=O) groups excluding carboxylic acids is 2. The summed E-state index contributed by atoms with van der Waals surface area (Å²) >= 11 is 6.23. The molecule has 0 aromatic heterocycles. The zero-order chi connectivity index (χ0) is 19.2. The molecule has 0 radical (unpaired) electrons. The molecule has 1 unspecified atom stereocenters. The molecule has 6 heteroatoms. The minimum absolute atomic E-state index is 0.136. The zero-order valence-electron chi connectivity index (χ0n) is 15.4. The Morgan fingerprint density at radius 3 is 2.52 bits per heavy atom. The molecule has 0 bridgehead atoms. The van der Waals surface area contributed by atoms with Crippen molar-refractivity contribution in [3.8, 4) is 0 Å². The quantitative estimate of drug-likeness (QED) is 0.751. The van der Waals surface area contributed by atoms with E-state index in [-0.39, 0.29) is 11.8 Å². The van der Waals surface area contributed by atoms with E-state index in [1.807, 2.05) is 31.2 Å². The van der Waals surface area contributed by atoms with E-state index in [9.17, 15) is 9.59 Å². The normalized spacial score (nSPS) is 15.9. The molecule has 1 aliphatic rings. The molecule has 2 amide bonds. The first-order valence-electron chi connectivity index (χ1n) is 9.22. The topological polar surface area (TPSA) is 61.4 Å². The number of fused-ring (bicyclic) bond motifs is 1. The van der Waals surface area contributed by atoms with Gasteiger partial charge >= 0.3 is 0 Å². The Morgan fingerprint density at radius 1 is 1.07 bits per heavy atom. The molecule has 5 nitrogen and oxygen atoms in total. The van der Waals surface area contributed by atoms with Crippen molar-refractivity contribution in [1.82, 2.24) is 15.5 Å². The maximum Gasteiger partial charge on any atom is 0.256 e. The predicted molar refractivity (Wildman–Crippen MR) is 107 cm³/mol. The molecular weight excluding hydrogens is 362 g/mol. The molecule has 1 heterocycles. The number of nitrogens with zero attached hydrogens (tertiary/aromatic N) is 1. The van der Waals surface area contributed by atoms with Crippen molar-refractivity contribution in [3.05, 3.63) is 70.2 Å². The van der Waals surface area contributed by atoms with E-state index in [0.29, 0.717) is 36.6 Å². The maximum absolute atomic E-state index is 13.2. The summed E-state index contributed by atoms with van der Waals surface area (Å²) in [6.07, 6.45) is 0.499. The van der Waals surface area contributed by atoms with Crippen LogP contribution in [0.25, 0.3) is 0 Å². The summed E-state index contributed by atoms with van der Waals surface area (Å²) in [6.45, 7) is 4.49. The van der Waals surface area contributed by atoms with E-state index in [4.69, 9.17) is 11.6 Å². The maximum atomic E-state index is 13.2. The van der Waals surface area contributed by atoms with Gasteiger partial charge < -0.3 is 15.5 Å². The number of hydrogen-bond acceptors (Lipinski definition) is 3. The Morgan fingerprint density at radius 2 is 1.78 bits per heavy atom. The van der Waals surface area contributed by atoms with E-state index < -0.39 is 6.04 Å². The fourth-order valence-corrected chi connectivity index (χ4v) is 3.55. The molecule has 2 aromatic carbocycles. The van der Waals surface area contributed by atoms with Gasteiger partial charge in [0.25, 0.3) is 5.91 Å². The Kier molecular flexibility index (Phi) is 6.48. The van der Waals surface area contributed by atoms with Gasteiger partial charge in [0.15, 0.2) is 0 Å². The second kappa shape index (κ2) is 9.02. The molecule has 2 N–H and O–H groups in total.